The second-order valence-electron chi connectivity index (χ2n) is 3.17. The molecule has 0 heterocycles. The lowest BCUT2D eigenvalue weighted by Gasteiger charge is -2.00. The van der Waals surface area contributed by atoms with Gasteiger partial charge in [0.2, 0.25) is 0 Å². The Hall–Kier alpha value is -0.670. The van der Waals surface area contributed by atoms with E-state index in [0.29, 0.717) is 5.56 Å². The average molecular weight is 206 g/mol. The summed E-state index contributed by atoms with van der Waals surface area (Å²) in [6.07, 6.45) is 0.764. The molecule has 0 radical (unpaired) electrons. The number of hydrogen-bond donors (Lipinski definition) is 1. The van der Waals surface area contributed by atoms with Crippen molar-refractivity contribution in [3.05, 3.63) is 35.4 Å². The van der Waals surface area contributed by atoms with Crippen LogP contribution in [0.5, 0.6) is 0 Å². The van der Waals surface area contributed by atoms with E-state index in [4.69, 9.17) is 5.73 Å². The van der Waals surface area contributed by atoms with Crippen molar-refractivity contribution in [3.63, 3.8) is 0 Å². The molecule has 0 saturated heterocycles. The van der Waals surface area contributed by atoms with Crippen molar-refractivity contribution >= 4 is 12.4 Å². The van der Waals surface area contributed by atoms with Gasteiger partial charge in [0.05, 0.1) is 0 Å². The number of nitrogens with two attached hydrogens (primary N) is 1. The van der Waals surface area contributed by atoms with Gasteiger partial charge in [0, 0.05) is 12.0 Å². The Morgan fingerprint density at radius 1 is 1.31 bits per heavy atom. The predicted molar refractivity (Wildman–Crippen MR) is 48.9 cm³/mol. The van der Waals surface area contributed by atoms with Crippen LogP contribution in [0.25, 0.3) is 0 Å². The molecule has 0 bridgehead atoms. The van der Waals surface area contributed by atoms with E-state index in [1.165, 1.54) is 6.07 Å². The minimum Gasteiger partial charge on any atom is -0.327 e. The number of benzene rings is 1. The highest BCUT2D eigenvalue weighted by atomic mass is 35.5. The number of halogens is 3. The Bertz CT molecular complexity index is 316. The normalized spacial score (nSPS) is 25.2. The molecule has 4 heteroatoms. The lowest BCUT2D eigenvalue weighted by Crippen LogP contribution is -2.02. The fraction of sp³-hybridized carbons (Fsp3) is 0.333. The fourth-order valence-electron chi connectivity index (χ4n) is 1.37. The molecule has 0 aromatic heterocycles. The molecule has 2 unspecified atom stereocenters. The lowest BCUT2D eigenvalue weighted by molar-refractivity contribution is 0.584. The van der Waals surface area contributed by atoms with Gasteiger partial charge in [-0.1, -0.05) is 0 Å². The molecule has 1 saturated carbocycles. The summed E-state index contributed by atoms with van der Waals surface area (Å²) in [6, 6.07) is 3.51. The first-order valence-electron chi connectivity index (χ1n) is 3.89. The maximum atomic E-state index is 13.0. The predicted octanol–water partition coefficient (Wildman–Crippen LogP) is 2.20. The summed E-state index contributed by atoms with van der Waals surface area (Å²) in [4.78, 5) is 0. The third kappa shape index (κ3) is 1.98. The molecule has 13 heavy (non-hydrogen) atoms. The van der Waals surface area contributed by atoms with Crippen molar-refractivity contribution in [1.29, 1.82) is 0 Å². The van der Waals surface area contributed by atoms with Gasteiger partial charge < -0.3 is 5.73 Å². The van der Waals surface area contributed by atoms with Crippen LogP contribution in [0.15, 0.2) is 18.2 Å². The van der Waals surface area contributed by atoms with Crippen LogP contribution in [-0.4, -0.2) is 6.04 Å². The molecule has 1 aliphatic rings. The lowest BCUT2D eigenvalue weighted by atomic mass is 10.1. The van der Waals surface area contributed by atoms with E-state index in [0.717, 1.165) is 18.6 Å². The molecule has 1 nitrogen and oxygen atoms in total. The Morgan fingerprint density at radius 2 is 1.92 bits per heavy atom. The second-order valence-corrected chi connectivity index (χ2v) is 3.17. The molecule has 2 N–H and O–H groups in total. The first-order chi connectivity index (χ1) is 5.68. The summed E-state index contributed by atoms with van der Waals surface area (Å²) in [5.74, 6) is -0.722. The van der Waals surface area contributed by atoms with E-state index in [9.17, 15) is 8.78 Å². The van der Waals surface area contributed by atoms with Gasteiger partial charge in [-0.05, 0) is 30.2 Å². The van der Waals surface area contributed by atoms with Crippen molar-refractivity contribution < 1.29 is 8.78 Å². The van der Waals surface area contributed by atoms with E-state index >= 15 is 0 Å². The van der Waals surface area contributed by atoms with E-state index in [2.05, 4.69) is 0 Å². The Balaban J connectivity index is 0.000000845. The van der Waals surface area contributed by atoms with Crippen LogP contribution in [0.4, 0.5) is 8.78 Å². The van der Waals surface area contributed by atoms with Crippen molar-refractivity contribution in [1.82, 2.24) is 0 Å². The zero-order valence-corrected chi connectivity index (χ0v) is 7.65. The van der Waals surface area contributed by atoms with E-state index in [1.54, 1.807) is 0 Å². The van der Waals surface area contributed by atoms with Crippen LogP contribution in [-0.2, 0) is 0 Å². The largest absolute Gasteiger partial charge is 0.327 e. The molecule has 2 atom stereocenters. The highest BCUT2D eigenvalue weighted by Crippen LogP contribution is 2.40. The van der Waals surface area contributed by atoms with Gasteiger partial charge in [-0.25, -0.2) is 8.78 Å². The van der Waals surface area contributed by atoms with Crippen molar-refractivity contribution in [2.75, 3.05) is 0 Å². The van der Waals surface area contributed by atoms with Crippen molar-refractivity contribution in [2.24, 2.45) is 5.73 Å². The molecule has 0 aliphatic heterocycles. The van der Waals surface area contributed by atoms with E-state index in [1.807, 2.05) is 0 Å². The number of rotatable bonds is 1. The molecule has 1 aromatic carbocycles. The van der Waals surface area contributed by atoms with Crippen LogP contribution >= 0.6 is 12.4 Å². The van der Waals surface area contributed by atoms with Gasteiger partial charge in [0.15, 0.2) is 0 Å². The first-order valence-corrected chi connectivity index (χ1v) is 3.89. The zero-order valence-electron chi connectivity index (χ0n) is 6.84. The molecule has 0 amide bonds. The van der Waals surface area contributed by atoms with Crippen LogP contribution in [0.1, 0.15) is 17.9 Å². The summed E-state index contributed by atoms with van der Waals surface area (Å²) in [5.41, 5.74) is 5.95. The Labute approximate surface area is 81.3 Å². The molecule has 1 fully saturated rings. The van der Waals surface area contributed by atoms with E-state index < -0.39 is 5.82 Å². The molecule has 72 valence electrons. The maximum Gasteiger partial charge on any atom is 0.126 e. The smallest absolute Gasteiger partial charge is 0.126 e. The molecular formula is C9H10ClF2N. The minimum absolute atomic E-state index is 0. The SMILES string of the molecule is Cl.NC1CC1c1cc(F)ccc1F. The van der Waals surface area contributed by atoms with Crippen LogP contribution in [0.3, 0.4) is 0 Å². The van der Waals surface area contributed by atoms with Crippen LogP contribution < -0.4 is 5.73 Å². The Kier molecular flexibility index (Phi) is 2.88. The minimum atomic E-state index is -0.398. The van der Waals surface area contributed by atoms with Crippen LogP contribution in [0.2, 0.25) is 0 Å². The standard InChI is InChI=1S/C9H9F2N.ClH/c10-5-1-2-8(11)6(3-5)7-4-9(7)12;/h1-3,7,9H,4,12H2;1H. The fourth-order valence-corrected chi connectivity index (χ4v) is 1.37. The summed E-state index contributed by atoms with van der Waals surface area (Å²) >= 11 is 0. The van der Waals surface area contributed by atoms with Gasteiger partial charge in [0.25, 0.3) is 0 Å². The highest BCUT2D eigenvalue weighted by Gasteiger charge is 2.36. The van der Waals surface area contributed by atoms with Gasteiger partial charge in [0.1, 0.15) is 11.6 Å². The quantitative estimate of drug-likeness (QED) is 0.748. The zero-order chi connectivity index (χ0) is 8.72. The third-order valence-corrected chi connectivity index (χ3v) is 2.20. The highest BCUT2D eigenvalue weighted by molar-refractivity contribution is 5.85. The van der Waals surface area contributed by atoms with Crippen molar-refractivity contribution in [3.8, 4) is 0 Å². The summed E-state index contributed by atoms with van der Waals surface area (Å²) in [6.45, 7) is 0. The van der Waals surface area contributed by atoms with E-state index in [-0.39, 0.29) is 30.2 Å². The first kappa shape index (κ1) is 10.4. The maximum absolute atomic E-state index is 13.0. The summed E-state index contributed by atoms with van der Waals surface area (Å²) in [5, 5.41) is 0. The van der Waals surface area contributed by atoms with Crippen molar-refractivity contribution in [2.45, 2.75) is 18.4 Å². The molecule has 0 spiro atoms. The van der Waals surface area contributed by atoms with Gasteiger partial charge in [-0.15, -0.1) is 12.4 Å². The average Bonchev–Trinajstić information content (AvgIpc) is 2.73. The second kappa shape index (κ2) is 3.60. The van der Waals surface area contributed by atoms with Gasteiger partial charge in [-0.3, -0.25) is 0 Å². The Morgan fingerprint density at radius 3 is 2.46 bits per heavy atom. The third-order valence-electron chi connectivity index (χ3n) is 2.20. The number of hydrogen-bond acceptors (Lipinski definition) is 1. The molecule has 1 aromatic rings. The summed E-state index contributed by atoms with van der Waals surface area (Å²) in [7, 11) is 0. The van der Waals surface area contributed by atoms with Gasteiger partial charge in [-0.2, -0.15) is 0 Å². The molecule has 2 rings (SSSR count). The summed E-state index contributed by atoms with van der Waals surface area (Å²) < 4.78 is 25.7. The monoisotopic (exact) mass is 205 g/mol. The van der Waals surface area contributed by atoms with Crippen LogP contribution in [0, 0.1) is 11.6 Å². The topological polar surface area (TPSA) is 26.0 Å². The molecule has 1 aliphatic carbocycles. The van der Waals surface area contributed by atoms with Gasteiger partial charge >= 0.3 is 0 Å². The molecular weight excluding hydrogens is 196 g/mol.